The van der Waals surface area contributed by atoms with Gasteiger partial charge in [-0.05, 0) is 18.1 Å². The van der Waals surface area contributed by atoms with Crippen molar-refractivity contribution in [2.45, 2.75) is 31.9 Å². The second-order valence-corrected chi connectivity index (χ2v) is 5.21. The monoisotopic (exact) mass is 257 g/mol. The Labute approximate surface area is 106 Å². The van der Waals surface area contributed by atoms with Crippen LogP contribution >= 0.6 is 11.6 Å². The van der Waals surface area contributed by atoms with Crippen LogP contribution in [0.25, 0.3) is 0 Å². The SMILES string of the molecule is CCCC1(O)CN(Cc2cccc(F)c2Cl)C1. The summed E-state index contributed by atoms with van der Waals surface area (Å²) >= 11 is 5.89. The Morgan fingerprint density at radius 1 is 1.47 bits per heavy atom. The minimum Gasteiger partial charge on any atom is -0.387 e. The molecule has 0 radical (unpaired) electrons. The predicted molar refractivity (Wildman–Crippen MR) is 66.5 cm³/mol. The van der Waals surface area contributed by atoms with Gasteiger partial charge in [-0.15, -0.1) is 0 Å². The van der Waals surface area contributed by atoms with Crippen molar-refractivity contribution in [2.75, 3.05) is 13.1 Å². The molecule has 1 saturated heterocycles. The maximum Gasteiger partial charge on any atom is 0.142 e. The van der Waals surface area contributed by atoms with Gasteiger partial charge in [0.05, 0.1) is 10.6 Å². The molecule has 4 heteroatoms. The zero-order valence-electron chi connectivity index (χ0n) is 9.92. The summed E-state index contributed by atoms with van der Waals surface area (Å²) in [6.07, 6.45) is 1.80. The molecule has 1 N–H and O–H groups in total. The molecule has 0 aromatic heterocycles. The van der Waals surface area contributed by atoms with Crippen LogP contribution in [-0.2, 0) is 6.54 Å². The van der Waals surface area contributed by atoms with Crippen LogP contribution in [0, 0.1) is 5.82 Å². The van der Waals surface area contributed by atoms with Gasteiger partial charge >= 0.3 is 0 Å². The first-order chi connectivity index (χ1) is 8.04. The standard InChI is InChI=1S/C13H17ClFNO/c1-2-6-13(17)8-16(9-13)7-10-4-3-5-11(15)12(10)14/h3-5,17H,2,6-9H2,1H3. The molecule has 17 heavy (non-hydrogen) atoms. The molecule has 1 heterocycles. The van der Waals surface area contributed by atoms with Crippen molar-refractivity contribution in [3.8, 4) is 0 Å². The van der Waals surface area contributed by atoms with E-state index in [9.17, 15) is 9.50 Å². The average Bonchev–Trinajstić information content (AvgIpc) is 2.23. The molecular formula is C13H17ClFNO. The first kappa shape index (κ1) is 12.8. The van der Waals surface area contributed by atoms with Crippen LogP contribution in [-0.4, -0.2) is 28.7 Å². The second-order valence-electron chi connectivity index (χ2n) is 4.83. The molecule has 2 rings (SSSR count). The maximum atomic E-state index is 13.2. The molecule has 0 saturated carbocycles. The highest BCUT2D eigenvalue weighted by Crippen LogP contribution is 2.29. The minimum absolute atomic E-state index is 0.193. The molecule has 1 aliphatic rings. The van der Waals surface area contributed by atoms with Crippen LogP contribution in [0.5, 0.6) is 0 Å². The minimum atomic E-state index is -0.547. The van der Waals surface area contributed by atoms with E-state index in [0.717, 1.165) is 18.4 Å². The fourth-order valence-corrected chi connectivity index (χ4v) is 2.62. The van der Waals surface area contributed by atoms with Crippen LogP contribution in [0.2, 0.25) is 5.02 Å². The number of rotatable bonds is 4. The van der Waals surface area contributed by atoms with Gasteiger partial charge in [-0.3, -0.25) is 4.90 Å². The highest BCUT2D eigenvalue weighted by Gasteiger charge is 2.39. The summed E-state index contributed by atoms with van der Waals surface area (Å²) in [5.41, 5.74) is 0.236. The van der Waals surface area contributed by atoms with Gasteiger partial charge in [-0.1, -0.05) is 37.1 Å². The number of nitrogens with zero attached hydrogens (tertiary/aromatic N) is 1. The Balaban J connectivity index is 1.94. The number of hydrogen-bond donors (Lipinski definition) is 1. The van der Waals surface area contributed by atoms with Gasteiger partial charge in [-0.25, -0.2) is 4.39 Å². The van der Waals surface area contributed by atoms with Crippen molar-refractivity contribution in [3.63, 3.8) is 0 Å². The number of hydrogen-bond acceptors (Lipinski definition) is 2. The summed E-state index contributed by atoms with van der Waals surface area (Å²) in [7, 11) is 0. The Hall–Kier alpha value is -0.640. The first-order valence-corrected chi connectivity index (χ1v) is 6.29. The van der Waals surface area contributed by atoms with Gasteiger partial charge in [0, 0.05) is 19.6 Å². The lowest BCUT2D eigenvalue weighted by Gasteiger charge is -2.46. The lowest BCUT2D eigenvalue weighted by Crippen LogP contribution is -2.60. The van der Waals surface area contributed by atoms with Crippen LogP contribution < -0.4 is 0 Å². The van der Waals surface area contributed by atoms with E-state index in [1.165, 1.54) is 6.07 Å². The van der Waals surface area contributed by atoms with E-state index >= 15 is 0 Å². The molecule has 1 fully saturated rings. The Morgan fingerprint density at radius 3 is 2.82 bits per heavy atom. The first-order valence-electron chi connectivity index (χ1n) is 5.92. The molecule has 0 unspecified atom stereocenters. The van der Waals surface area contributed by atoms with E-state index in [-0.39, 0.29) is 10.8 Å². The van der Waals surface area contributed by atoms with Crippen molar-refractivity contribution >= 4 is 11.6 Å². The van der Waals surface area contributed by atoms with E-state index in [1.54, 1.807) is 6.07 Å². The van der Waals surface area contributed by atoms with Crippen molar-refractivity contribution in [1.82, 2.24) is 4.90 Å². The summed E-state index contributed by atoms with van der Waals surface area (Å²) in [6, 6.07) is 4.84. The maximum absolute atomic E-state index is 13.2. The lowest BCUT2D eigenvalue weighted by atomic mass is 9.89. The molecular weight excluding hydrogens is 241 g/mol. The van der Waals surface area contributed by atoms with Gasteiger partial charge < -0.3 is 5.11 Å². The van der Waals surface area contributed by atoms with Crippen LogP contribution in [0.3, 0.4) is 0 Å². The van der Waals surface area contributed by atoms with Gasteiger partial charge in [0.1, 0.15) is 5.82 Å². The molecule has 94 valence electrons. The predicted octanol–water partition coefficient (Wildman–Crippen LogP) is 2.83. The zero-order chi connectivity index (χ0) is 12.5. The molecule has 0 aliphatic carbocycles. The van der Waals surface area contributed by atoms with E-state index < -0.39 is 5.60 Å². The number of halogens is 2. The molecule has 1 aromatic rings. The van der Waals surface area contributed by atoms with Crippen molar-refractivity contribution in [1.29, 1.82) is 0 Å². The zero-order valence-corrected chi connectivity index (χ0v) is 10.7. The lowest BCUT2D eigenvalue weighted by molar-refractivity contribution is -0.106. The normalized spacial score (nSPS) is 19.1. The third kappa shape index (κ3) is 2.79. The Kier molecular flexibility index (Phi) is 3.71. The average molecular weight is 258 g/mol. The number of aliphatic hydroxyl groups is 1. The number of benzene rings is 1. The number of β-amino-alcohol motifs (C(OH)–C–C–N with tert-alkyl or cyclic N) is 1. The molecule has 1 aliphatic heterocycles. The number of likely N-dealkylation sites (tertiary alicyclic amines) is 1. The van der Waals surface area contributed by atoms with Crippen molar-refractivity contribution < 1.29 is 9.50 Å². The summed E-state index contributed by atoms with van der Waals surface area (Å²) in [6.45, 7) is 3.95. The van der Waals surface area contributed by atoms with Crippen molar-refractivity contribution in [2.24, 2.45) is 0 Å². The van der Waals surface area contributed by atoms with Crippen LogP contribution in [0.15, 0.2) is 18.2 Å². The fourth-order valence-electron chi connectivity index (χ4n) is 2.43. The molecule has 0 bridgehead atoms. The second kappa shape index (κ2) is 4.92. The highest BCUT2D eigenvalue weighted by molar-refractivity contribution is 6.31. The smallest absolute Gasteiger partial charge is 0.142 e. The summed E-state index contributed by atoms with van der Waals surface area (Å²) in [5.74, 6) is -0.381. The van der Waals surface area contributed by atoms with Gasteiger partial charge in [-0.2, -0.15) is 0 Å². The summed E-state index contributed by atoms with van der Waals surface area (Å²) in [5, 5.41) is 10.2. The summed E-state index contributed by atoms with van der Waals surface area (Å²) in [4.78, 5) is 2.08. The van der Waals surface area contributed by atoms with Crippen molar-refractivity contribution in [3.05, 3.63) is 34.6 Å². The summed E-state index contributed by atoms with van der Waals surface area (Å²) < 4.78 is 13.2. The van der Waals surface area contributed by atoms with Gasteiger partial charge in [0.25, 0.3) is 0 Å². The Morgan fingerprint density at radius 2 is 2.18 bits per heavy atom. The quantitative estimate of drug-likeness (QED) is 0.897. The van der Waals surface area contributed by atoms with Crippen LogP contribution in [0.1, 0.15) is 25.3 Å². The molecule has 0 amide bonds. The molecule has 2 nitrogen and oxygen atoms in total. The molecule has 1 aromatic carbocycles. The van der Waals surface area contributed by atoms with Gasteiger partial charge in [0.15, 0.2) is 0 Å². The Bertz CT molecular complexity index is 404. The van der Waals surface area contributed by atoms with Gasteiger partial charge in [0.2, 0.25) is 0 Å². The van der Waals surface area contributed by atoms with E-state index in [4.69, 9.17) is 11.6 Å². The third-order valence-electron chi connectivity index (χ3n) is 3.18. The van der Waals surface area contributed by atoms with E-state index in [1.807, 2.05) is 6.07 Å². The van der Waals surface area contributed by atoms with Crippen LogP contribution in [0.4, 0.5) is 4.39 Å². The molecule has 0 atom stereocenters. The molecule has 0 spiro atoms. The fraction of sp³-hybridized carbons (Fsp3) is 0.538. The largest absolute Gasteiger partial charge is 0.387 e. The topological polar surface area (TPSA) is 23.5 Å². The van der Waals surface area contributed by atoms with E-state index in [0.29, 0.717) is 19.6 Å². The third-order valence-corrected chi connectivity index (χ3v) is 3.60. The highest BCUT2D eigenvalue weighted by atomic mass is 35.5. The van der Waals surface area contributed by atoms with E-state index in [2.05, 4.69) is 11.8 Å².